The second-order valence-corrected chi connectivity index (χ2v) is 33.5. The number of sulfonamides is 1. The maximum atomic E-state index is 12.4. The van der Waals surface area contributed by atoms with Crippen molar-refractivity contribution in [3.63, 3.8) is 0 Å². The van der Waals surface area contributed by atoms with E-state index in [9.17, 15) is 28.5 Å². The van der Waals surface area contributed by atoms with Crippen LogP contribution < -0.4 is 20.9 Å². The van der Waals surface area contributed by atoms with Gasteiger partial charge in [-0.15, -0.1) is 0 Å². The van der Waals surface area contributed by atoms with Gasteiger partial charge in [-0.2, -0.15) is 30.3 Å². The molecule has 17 heterocycles. The number of likely N-dealkylation sites (tertiary alicyclic amines) is 1. The van der Waals surface area contributed by atoms with Gasteiger partial charge in [0, 0.05) is 164 Å². The van der Waals surface area contributed by atoms with E-state index in [4.69, 9.17) is 33.4 Å². The molecule has 1 radical (unpaired) electrons. The molecule has 1 saturated carbocycles. The Morgan fingerprint density at radius 2 is 1.30 bits per heavy atom. The van der Waals surface area contributed by atoms with Gasteiger partial charge in [-0.05, 0) is 131 Å². The number of halogens is 2. The maximum absolute atomic E-state index is 12.4. The number of nitriles is 3. The molecular formula is C87H91Cl2N30O4SV-. The number of fused-ring (bicyclic) bond motifs is 9. The molecule has 19 rings (SSSR count). The van der Waals surface area contributed by atoms with Crippen LogP contribution in [-0.4, -0.2) is 191 Å². The monoisotopic (exact) mass is 1770 g/mol. The summed E-state index contributed by atoms with van der Waals surface area (Å²) in [7, 11) is -1.26. The van der Waals surface area contributed by atoms with Crippen molar-refractivity contribution in [1.82, 2.24) is 119 Å². The first kappa shape index (κ1) is 89.4. The number of rotatable bonds is 19. The van der Waals surface area contributed by atoms with Gasteiger partial charge in [0.25, 0.3) is 0 Å². The van der Waals surface area contributed by atoms with Crippen LogP contribution in [0, 0.1) is 53.3 Å². The molecule has 125 heavy (non-hydrogen) atoms. The molecule has 1 aromatic carbocycles. The first-order chi connectivity index (χ1) is 59.8. The number of likely N-dealkylation sites (N-methyl/N-ethyl adjacent to an activating group) is 2. The molecule has 8 N–H and O–H groups in total. The number of carbonyl (C=O) groups is 2. The summed E-state index contributed by atoms with van der Waals surface area (Å²) in [6.45, 7) is 12.0. The van der Waals surface area contributed by atoms with E-state index in [2.05, 4.69) is 130 Å². The Labute approximate surface area is 742 Å². The van der Waals surface area contributed by atoms with Crippen molar-refractivity contribution < 1.29 is 36.6 Å². The number of piperidine rings is 1. The molecule has 2 saturated heterocycles. The number of aromatic amines is 5. The number of pyridine rings is 3. The third-order valence-electron chi connectivity index (χ3n) is 22.9. The molecular weight excluding hydrogens is 1680 g/mol. The molecule has 0 spiro atoms. The second kappa shape index (κ2) is 39.5. The smallest absolute Gasteiger partial charge is 0.245 e. The summed E-state index contributed by atoms with van der Waals surface area (Å²) >= 11 is 12.8. The summed E-state index contributed by atoms with van der Waals surface area (Å²) in [5, 5.41) is 50.4. The molecule has 0 bridgehead atoms. The Balaban J connectivity index is 0.000000134. The average molecular weight is 1770 g/mol. The summed E-state index contributed by atoms with van der Waals surface area (Å²) in [6.07, 6.45) is 33.3. The van der Waals surface area contributed by atoms with E-state index < -0.39 is 21.1 Å². The van der Waals surface area contributed by atoms with Gasteiger partial charge in [-0.3, -0.25) is 19.0 Å². The fourth-order valence-corrected chi connectivity index (χ4v) is 17.8. The van der Waals surface area contributed by atoms with Crippen molar-refractivity contribution in [2.24, 2.45) is 11.8 Å². The molecule has 2 amide bonds. The SMILES string of the molecule is CCNC(=O)[C@@](C)(CC)Nc1ccnc(-c2c[nH]c3ncccc23)n1.CCS(=O)(=O)N1CC(CC#N)(n2cc(-c3ncnc4[nH]ccc34)cn2)C1.C[C@@H]1CCN(C(=O)CC#N)C[C@@H]1N(C)c1ncnc2[nH]ccc12.Clc1cccc(Cl)c1-c1nc2c([nH]1)-c1cccnc1Nc1ncccc1-2.N#CC[C@H](C1CCCC1)n1cc(-c2ncnc3[nH]ccc23)cn1.[CH3-].[V]. The minimum Gasteiger partial charge on any atom is -0.358 e. The summed E-state index contributed by atoms with van der Waals surface area (Å²) in [4.78, 5) is 96.8. The first-order valence-corrected chi connectivity index (χ1v) is 42.7. The zero-order chi connectivity index (χ0) is 85.9. The van der Waals surface area contributed by atoms with Crippen LogP contribution in [-0.2, 0) is 43.7 Å². The minimum absolute atomic E-state index is 0. The van der Waals surface area contributed by atoms with Crippen molar-refractivity contribution in [3.8, 4) is 86.0 Å². The Morgan fingerprint density at radius 3 is 1.96 bits per heavy atom. The number of carbonyl (C=O) groups excluding carboxylic acids is 2. The molecule has 3 aliphatic heterocycles. The molecule has 15 aromatic rings. The predicted octanol–water partition coefficient (Wildman–Crippen LogP) is 14.9. The van der Waals surface area contributed by atoms with Crippen LogP contribution in [0.2, 0.25) is 10.0 Å². The van der Waals surface area contributed by atoms with E-state index in [1.54, 1.807) is 84.5 Å². The van der Waals surface area contributed by atoms with Gasteiger partial charge in [0.1, 0.15) is 93.9 Å². The predicted molar refractivity (Wildman–Crippen MR) is 476 cm³/mol. The Kier molecular flexibility index (Phi) is 28.2. The molecule has 4 aliphatic rings. The van der Waals surface area contributed by atoms with Crippen LogP contribution in [0.4, 0.5) is 23.3 Å². The standard InChI is InChI=1S/C19H11Cl2N5.C18H22N6O.C17H18N6.C16H17N7O2S.C16H20N6O.CH3.V/c20-12-6-1-7-13(21)14(12)19-24-15-10-4-2-8-22-17(10)26-18-11(16(15)25-19)5-3-9-23-18;1-4-18(3,17(25)19-5-2)24-14-8-10-21-16(23-14)13-11-22-15-12(13)7-6-9-20-15;18-7-5-15(12-3-1-2-4-12)23-10-13(9-22-23)16-14-6-8-19-17(14)21-11-20-16;1-2-26(24,25)22-9-16(10-22,4-5-17)23-8-12(7-21-23)14-13-3-6-18-15(13)20-11-19-14;1-11-5-8-22(14(23)3-6-17)9-13(11)21(2)16-12-4-7-18-15(12)19-10-20-16;;/h1-9H,(H,24,25)(H,22,23,26);6-11H,4-5H2,1-3H3,(H,19,25)(H,20,22)(H,21,23,24);6,8-12,15H,1-5H2,(H,19,20,21);3,6-8,11H,2,4,9-10H2,1H3,(H,18,19,20);4,7,10-11,13H,3,5,8-9H2,1-2H3,(H,18,19,20);1H3;/q;;;;;-1;/t;18-;15-;;11-,13+;;/m.11.1../s1. The molecule has 4 atom stereocenters. The normalized spacial score (nSPS) is 15.6. The molecule has 38 heteroatoms. The van der Waals surface area contributed by atoms with Crippen molar-refractivity contribution in [3.05, 3.63) is 190 Å². The minimum atomic E-state index is -3.27. The summed E-state index contributed by atoms with van der Waals surface area (Å²) in [5.41, 5.74) is 10.1. The van der Waals surface area contributed by atoms with Crippen molar-refractivity contribution >= 4 is 112 Å². The summed E-state index contributed by atoms with van der Waals surface area (Å²) in [6, 6.07) is 31.3. The fourth-order valence-electron chi connectivity index (χ4n) is 16.0. The Hall–Kier alpha value is -13.3. The van der Waals surface area contributed by atoms with Crippen LogP contribution >= 0.6 is 23.2 Å². The number of hydrogen-bond acceptors (Lipinski definition) is 24. The van der Waals surface area contributed by atoms with Gasteiger partial charge in [-0.1, -0.05) is 56.0 Å². The largest absolute Gasteiger partial charge is 0.358 e. The summed E-state index contributed by atoms with van der Waals surface area (Å²) in [5.74, 6) is 4.99. The van der Waals surface area contributed by atoms with Crippen LogP contribution in [0.25, 0.3) is 112 Å². The number of benzene rings is 1. The number of imidazole rings is 1. The quantitative estimate of drug-likeness (QED) is 0.0349. The molecule has 34 nitrogen and oxygen atoms in total. The average Bonchev–Trinajstić information content (AvgIpc) is 1.71. The number of aromatic nitrogens is 21. The van der Waals surface area contributed by atoms with Crippen LogP contribution in [0.3, 0.4) is 0 Å². The van der Waals surface area contributed by atoms with Gasteiger partial charge in [0.15, 0.2) is 5.82 Å². The van der Waals surface area contributed by atoms with Gasteiger partial charge in [0.2, 0.25) is 21.8 Å². The second-order valence-electron chi connectivity index (χ2n) is 30.4. The topological polar surface area (TPSA) is 455 Å². The van der Waals surface area contributed by atoms with Crippen molar-refractivity contribution in [1.29, 1.82) is 15.8 Å². The Morgan fingerprint density at radius 1 is 0.680 bits per heavy atom. The van der Waals surface area contributed by atoms with E-state index in [0.29, 0.717) is 82.5 Å². The van der Waals surface area contributed by atoms with Crippen LogP contribution in [0.5, 0.6) is 0 Å². The number of anilines is 4. The van der Waals surface area contributed by atoms with Crippen LogP contribution in [0.15, 0.2) is 172 Å². The van der Waals surface area contributed by atoms with E-state index in [1.165, 1.54) is 36.3 Å². The van der Waals surface area contributed by atoms with Gasteiger partial charge in [-0.25, -0.2) is 68.2 Å². The van der Waals surface area contributed by atoms with E-state index in [0.717, 1.165) is 114 Å². The third kappa shape index (κ3) is 18.9. The van der Waals surface area contributed by atoms with Crippen molar-refractivity contribution in [2.45, 2.75) is 116 Å². The fraction of sp³-hybridized carbons (Fsp3) is 0.310. The number of nitrogens with one attached hydrogen (secondary N) is 8. The molecule has 0 unspecified atom stereocenters. The third-order valence-corrected chi connectivity index (χ3v) is 25.3. The number of nitrogens with zero attached hydrogens (tertiary/aromatic N) is 22. The van der Waals surface area contributed by atoms with E-state index in [1.807, 2.05) is 136 Å². The maximum Gasteiger partial charge on any atom is 0.245 e. The van der Waals surface area contributed by atoms with Gasteiger partial charge < -0.3 is 58.1 Å². The number of hydrogen-bond donors (Lipinski definition) is 8. The molecule has 3 fully saturated rings. The zero-order valence-electron chi connectivity index (χ0n) is 69.7. The van der Waals surface area contributed by atoms with E-state index in [-0.39, 0.29) is 81.6 Å². The first-order valence-electron chi connectivity index (χ1n) is 40.3. The summed E-state index contributed by atoms with van der Waals surface area (Å²) < 4.78 is 29.2. The number of amides is 2. The molecule has 1 aliphatic carbocycles. The van der Waals surface area contributed by atoms with Gasteiger partial charge in [0.05, 0.1) is 99.4 Å². The number of H-pyrrole nitrogens is 5. The molecule has 14 aromatic heterocycles. The van der Waals surface area contributed by atoms with Gasteiger partial charge >= 0.3 is 0 Å². The van der Waals surface area contributed by atoms with Crippen molar-refractivity contribution in [2.75, 3.05) is 61.1 Å². The molecule has 639 valence electrons. The Bertz CT molecular complexity index is 6480. The van der Waals surface area contributed by atoms with Crippen LogP contribution in [0.1, 0.15) is 98.4 Å². The van der Waals surface area contributed by atoms with E-state index >= 15 is 0 Å². The zero-order valence-corrected chi connectivity index (χ0v) is 73.4.